The quantitative estimate of drug-likeness (QED) is 0.908. The second-order valence-corrected chi connectivity index (χ2v) is 5.93. The summed E-state index contributed by atoms with van der Waals surface area (Å²) in [6.45, 7) is 8.53. The molecule has 1 aliphatic rings. The molecular weight excluding hydrogens is 292 g/mol. The van der Waals surface area contributed by atoms with Crippen LogP contribution in [0.4, 0.5) is 11.8 Å². The summed E-state index contributed by atoms with van der Waals surface area (Å²) in [4.78, 5) is 22.0. The number of nitrogens with zero attached hydrogens (tertiary/aromatic N) is 6. The van der Waals surface area contributed by atoms with Crippen molar-refractivity contribution in [2.45, 2.75) is 33.4 Å². The molecule has 7 heteroatoms. The molecule has 1 unspecified atom stereocenters. The zero-order valence-corrected chi connectivity index (χ0v) is 13.8. The van der Waals surface area contributed by atoms with Gasteiger partial charge in [0.2, 0.25) is 5.95 Å². The van der Waals surface area contributed by atoms with Crippen molar-refractivity contribution in [2.75, 3.05) is 29.4 Å². The number of aryl methyl sites for hydroxylation is 2. The highest BCUT2D eigenvalue weighted by Gasteiger charge is 2.26. The molecule has 0 radical (unpaired) electrons. The van der Waals surface area contributed by atoms with E-state index in [4.69, 9.17) is 0 Å². The number of aliphatic hydroxyl groups excluding tert-OH is 1. The normalized spacial score (nSPS) is 18.3. The Morgan fingerprint density at radius 1 is 1.17 bits per heavy atom. The summed E-state index contributed by atoms with van der Waals surface area (Å²) in [5, 5.41) is 9.19. The highest BCUT2D eigenvalue weighted by atomic mass is 16.3. The van der Waals surface area contributed by atoms with E-state index < -0.39 is 0 Å². The molecule has 0 bridgehead atoms. The van der Waals surface area contributed by atoms with Crippen molar-refractivity contribution in [3.05, 3.63) is 35.5 Å². The van der Waals surface area contributed by atoms with Gasteiger partial charge in [-0.15, -0.1) is 0 Å². The Kier molecular flexibility index (Phi) is 4.38. The Labute approximate surface area is 136 Å². The molecule has 2 aromatic heterocycles. The second kappa shape index (κ2) is 6.45. The van der Waals surface area contributed by atoms with E-state index in [1.54, 1.807) is 6.20 Å². The van der Waals surface area contributed by atoms with Gasteiger partial charge in [0.05, 0.1) is 0 Å². The third-order valence-corrected chi connectivity index (χ3v) is 4.01. The Bertz CT molecular complexity index is 672. The molecule has 0 aliphatic carbocycles. The zero-order chi connectivity index (χ0) is 16.4. The second-order valence-electron chi connectivity index (χ2n) is 5.93. The maximum Gasteiger partial charge on any atom is 0.226 e. The lowest BCUT2D eigenvalue weighted by Gasteiger charge is -2.40. The van der Waals surface area contributed by atoms with Gasteiger partial charge >= 0.3 is 0 Å². The van der Waals surface area contributed by atoms with Crippen LogP contribution in [0.3, 0.4) is 0 Å². The van der Waals surface area contributed by atoms with E-state index in [0.717, 1.165) is 42.8 Å². The van der Waals surface area contributed by atoms with Crippen molar-refractivity contribution < 1.29 is 5.11 Å². The van der Waals surface area contributed by atoms with Crippen LogP contribution < -0.4 is 9.80 Å². The largest absolute Gasteiger partial charge is 0.388 e. The molecule has 122 valence electrons. The Morgan fingerprint density at radius 2 is 1.91 bits per heavy atom. The fourth-order valence-electron chi connectivity index (χ4n) is 2.94. The summed E-state index contributed by atoms with van der Waals surface area (Å²) < 4.78 is 0. The zero-order valence-electron chi connectivity index (χ0n) is 13.8. The lowest BCUT2D eigenvalue weighted by Crippen LogP contribution is -2.53. The molecule has 0 amide bonds. The van der Waals surface area contributed by atoms with Crippen LogP contribution in [0.5, 0.6) is 0 Å². The first-order valence-corrected chi connectivity index (χ1v) is 7.83. The van der Waals surface area contributed by atoms with E-state index >= 15 is 0 Å². The van der Waals surface area contributed by atoms with Gasteiger partial charge in [-0.25, -0.2) is 19.9 Å². The molecule has 0 spiro atoms. The fourth-order valence-corrected chi connectivity index (χ4v) is 2.94. The molecule has 0 aromatic carbocycles. The standard InChI is InChI=1S/C16H22N6O/c1-11-8-12(2)19-16(18-11)22-7-6-21(9-13(22)3)15-4-5-17-14(10-23)20-15/h4-5,8,13,23H,6-7,9-10H2,1-3H3. The Hall–Kier alpha value is -2.28. The minimum Gasteiger partial charge on any atom is -0.388 e. The van der Waals surface area contributed by atoms with Crippen molar-refractivity contribution in [1.29, 1.82) is 0 Å². The third kappa shape index (κ3) is 3.39. The summed E-state index contributed by atoms with van der Waals surface area (Å²) in [5.74, 6) is 2.11. The number of anilines is 2. The monoisotopic (exact) mass is 314 g/mol. The number of piperazine rings is 1. The summed E-state index contributed by atoms with van der Waals surface area (Å²) in [7, 11) is 0. The van der Waals surface area contributed by atoms with E-state index in [-0.39, 0.29) is 12.6 Å². The van der Waals surface area contributed by atoms with Crippen LogP contribution >= 0.6 is 0 Å². The van der Waals surface area contributed by atoms with E-state index in [2.05, 4.69) is 36.7 Å². The lowest BCUT2D eigenvalue weighted by atomic mass is 10.2. The molecular formula is C16H22N6O. The van der Waals surface area contributed by atoms with Crippen LogP contribution in [0.15, 0.2) is 18.3 Å². The molecule has 3 rings (SSSR count). The van der Waals surface area contributed by atoms with Crippen LogP contribution in [-0.4, -0.2) is 50.7 Å². The number of aliphatic hydroxyl groups is 1. The maximum absolute atomic E-state index is 9.19. The molecule has 0 saturated carbocycles. The van der Waals surface area contributed by atoms with Crippen LogP contribution in [-0.2, 0) is 6.61 Å². The van der Waals surface area contributed by atoms with Gasteiger partial charge in [-0.1, -0.05) is 0 Å². The van der Waals surface area contributed by atoms with Gasteiger partial charge in [-0.3, -0.25) is 0 Å². The topological polar surface area (TPSA) is 78.3 Å². The number of hydrogen-bond acceptors (Lipinski definition) is 7. The summed E-state index contributed by atoms with van der Waals surface area (Å²) in [6, 6.07) is 4.15. The highest BCUT2D eigenvalue weighted by molar-refractivity contribution is 5.43. The van der Waals surface area contributed by atoms with Crippen molar-refractivity contribution in [3.63, 3.8) is 0 Å². The summed E-state index contributed by atoms with van der Waals surface area (Å²) in [5.41, 5.74) is 1.98. The maximum atomic E-state index is 9.19. The molecule has 3 heterocycles. The van der Waals surface area contributed by atoms with Gasteiger partial charge in [0.25, 0.3) is 0 Å². The minimum absolute atomic E-state index is 0.139. The summed E-state index contributed by atoms with van der Waals surface area (Å²) >= 11 is 0. The molecule has 1 N–H and O–H groups in total. The average Bonchev–Trinajstić information content (AvgIpc) is 2.54. The molecule has 7 nitrogen and oxygen atoms in total. The Morgan fingerprint density at radius 3 is 2.57 bits per heavy atom. The van der Waals surface area contributed by atoms with Crippen molar-refractivity contribution >= 4 is 11.8 Å². The first-order valence-electron chi connectivity index (χ1n) is 7.83. The van der Waals surface area contributed by atoms with Gasteiger partial charge in [0.15, 0.2) is 5.82 Å². The van der Waals surface area contributed by atoms with E-state index in [9.17, 15) is 5.11 Å². The van der Waals surface area contributed by atoms with Crippen LogP contribution in [0, 0.1) is 13.8 Å². The first kappa shape index (κ1) is 15.6. The molecule has 23 heavy (non-hydrogen) atoms. The van der Waals surface area contributed by atoms with Crippen molar-refractivity contribution in [3.8, 4) is 0 Å². The average molecular weight is 314 g/mol. The van der Waals surface area contributed by atoms with Crippen LogP contribution in [0.2, 0.25) is 0 Å². The van der Waals surface area contributed by atoms with Crippen molar-refractivity contribution in [2.24, 2.45) is 0 Å². The highest BCUT2D eigenvalue weighted by Crippen LogP contribution is 2.21. The van der Waals surface area contributed by atoms with Gasteiger partial charge < -0.3 is 14.9 Å². The van der Waals surface area contributed by atoms with Crippen LogP contribution in [0.1, 0.15) is 24.1 Å². The van der Waals surface area contributed by atoms with Crippen molar-refractivity contribution in [1.82, 2.24) is 19.9 Å². The molecule has 1 aliphatic heterocycles. The first-order chi connectivity index (χ1) is 11.1. The van der Waals surface area contributed by atoms with E-state index in [1.807, 2.05) is 26.0 Å². The van der Waals surface area contributed by atoms with Crippen LogP contribution in [0.25, 0.3) is 0 Å². The molecule has 1 fully saturated rings. The van der Waals surface area contributed by atoms with E-state index in [0.29, 0.717) is 5.82 Å². The number of aromatic nitrogens is 4. The molecule has 1 atom stereocenters. The minimum atomic E-state index is -0.139. The lowest BCUT2D eigenvalue weighted by molar-refractivity contribution is 0.271. The van der Waals surface area contributed by atoms with Gasteiger partial charge in [0, 0.05) is 43.3 Å². The van der Waals surface area contributed by atoms with Gasteiger partial charge in [-0.05, 0) is 32.9 Å². The predicted molar refractivity (Wildman–Crippen MR) is 88.5 cm³/mol. The summed E-state index contributed by atoms with van der Waals surface area (Å²) in [6.07, 6.45) is 1.69. The Balaban J connectivity index is 1.76. The van der Waals surface area contributed by atoms with E-state index in [1.165, 1.54) is 0 Å². The fraction of sp³-hybridized carbons (Fsp3) is 0.500. The third-order valence-electron chi connectivity index (χ3n) is 4.01. The predicted octanol–water partition coefficient (Wildman–Crippen LogP) is 1.09. The van der Waals surface area contributed by atoms with Gasteiger partial charge in [-0.2, -0.15) is 0 Å². The number of hydrogen-bond donors (Lipinski definition) is 1. The SMILES string of the molecule is Cc1cc(C)nc(N2CCN(c3ccnc(CO)n3)CC2C)n1. The smallest absolute Gasteiger partial charge is 0.226 e. The number of rotatable bonds is 3. The van der Waals surface area contributed by atoms with Gasteiger partial charge in [0.1, 0.15) is 12.4 Å². The molecule has 1 saturated heterocycles. The molecule has 2 aromatic rings.